The Morgan fingerprint density at radius 2 is 1.70 bits per heavy atom. The Morgan fingerprint density at radius 3 is 2.30 bits per heavy atom. The highest BCUT2D eigenvalue weighted by Gasteiger charge is 2.37. The van der Waals surface area contributed by atoms with Gasteiger partial charge in [-0.05, 0) is 37.1 Å². The second kappa shape index (κ2) is 11.3. The van der Waals surface area contributed by atoms with Gasteiger partial charge in [-0.2, -0.15) is 26.3 Å². The van der Waals surface area contributed by atoms with Gasteiger partial charge in [0.25, 0.3) is 0 Å². The first kappa shape index (κ1) is 29.7. The molecule has 0 spiro atoms. The molecule has 2 aromatic heterocycles. The number of sulfonamides is 1. The van der Waals surface area contributed by atoms with Crippen molar-refractivity contribution in [2.75, 3.05) is 31.2 Å². The van der Waals surface area contributed by atoms with E-state index in [-0.39, 0.29) is 43.0 Å². The minimum atomic E-state index is -4.86. The van der Waals surface area contributed by atoms with Gasteiger partial charge in [0.05, 0.1) is 23.8 Å². The Morgan fingerprint density at radius 1 is 1.02 bits per heavy atom. The molecule has 1 fully saturated rings. The highest BCUT2D eigenvalue weighted by Crippen LogP contribution is 2.38. The topological polar surface area (TPSA) is 105 Å². The van der Waals surface area contributed by atoms with E-state index in [1.54, 1.807) is 0 Å². The molecular formula is C24H27F6N7O2S. The monoisotopic (exact) mass is 591 g/mol. The number of imidazole rings is 1. The highest BCUT2D eigenvalue weighted by atomic mass is 32.2. The summed E-state index contributed by atoms with van der Waals surface area (Å²) in [5.41, 5.74) is -2.97. The van der Waals surface area contributed by atoms with Gasteiger partial charge in [-0.1, -0.05) is 13.0 Å². The molecule has 3 heterocycles. The third-order valence-corrected chi connectivity index (χ3v) is 7.70. The van der Waals surface area contributed by atoms with E-state index in [1.807, 2.05) is 6.92 Å². The number of piperidine rings is 1. The van der Waals surface area contributed by atoms with Crippen molar-refractivity contribution in [1.82, 2.24) is 29.1 Å². The number of hydrogen-bond donors (Lipinski definition) is 2. The van der Waals surface area contributed by atoms with Crippen LogP contribution in [0.1, 0.15) is 36.5 Å². The second-order valence-electron chi connectivity index (χ2n) is 9.33. The maximum Gasteiger partial charge on any atom is 0.420 e. The van der Waals surface area contributed by atoms with Crippen LogP contribution in [0.4, 0.5) is 32.3 Å². The van der Waals surface area contributed by atoms with Crippen molar-refractivity contribution in [3.8, 4) is 17.1 Å². The van der Waals surface area contributed by atoms with Crippen LogP contribution in [0.25, 0.3) is 17.1 Å². The van der Waals surface area contributed by atoms with E-state index >= 15 is 0 Å². The van der Waals surface area contributed by atoms with Crippen molar-refractivity contribution < 1.29 is 34.8 Å². The number of nitrogens with one attached hydrogen (secondary N) is 2. The van der Waals surface area contributed by atoms with Crippen molar-refractivity contribution in [3.63, 3.8) is 0 Å². The smallest absolute Gasteiger partial charge is 0.351 e. The summed E-state index contributed by atoms with van der Waals surface area (Å²) < 4.78 is 109. The van der Waals surface area contributed by atoms with Crippen molar-refractivity contribution in [2.45, 2.75) is 44.7 Å². The molecule has 1 aliphatic rings. The van der Waals surface area contributed by atoms with Crippen molar-refractivity contribution in [1.29, 1.82) is 0 Å². The molecular weight excluding hydrogens is 564 g/mol. The van der Waals surface area contributed by atoms with Gasteiger partial charge >= 0.3 is 12.4 Å². The normalized spacial score (nSPS) is 15.9. The fraction of sp³-hybridized carbons (Fsp3) is 0.458. The maximum atomic E-state index is 13.9. The predicted octanol–water partition coefficient (Wildman–Crippen LogP) is 4.31. The van der Waals surface area contributed by atoms with Crippen LogP contribution >= 0.6 is 0 Å². The van der Waals surface area contributed by atoms with Gasteiger partial charge in [0.2, 0.25) is 16.0 Å². The van der Waals surface area contributed by atoms with Gasteiger partial charge in [0.1, 0.15) is 17.0 Å². The minimum Gasteiger partial charge on any atom is -0.351 e. The summed E-state index contributed by atoms with van der Waals surface area (Å²) >= 11 is 0. The molecule has 0 unspecified atom stereocenters. The van der Waals surface area contributed by atoms with Crippen LogP contribution in [0.3, 0.4) is 0 Å². The molecule has 1 saturated heterocycles. The van der Waals surface area contributed by atoms with Crippen LogP contribution in [-0.2, 0) is 28.9 Å². The number of nitrogens with zero attached hydrogens (tertiary/aromatic N) is 5. The highest BCUT2D eigenvalue weighted by molar-refractivity contribution is 7.88. The number of benzene rings is 1. The van der Waals surface area contributed by atoms with E-state index < -0.39 is 39.2 Å². The molecule has 40 heavy (non-hydrogen) atoms. The number of anilines is 1. The minimum absolute atomic E-state index is 0.140. The van der Waals surface area contributed by atoms with Crippen LogP contribution in [0.5, 0.6) is 0 Å². The second-order valence-corrected chi connectivity index (χ2v) is 11.3. The van der Waals surface area contributed by atoms with E-state index in [4.69, 9.17) is 0 Å². The molecule has 0 atom stereocenters. The number of hydrogen-bond acceptors (Lipinski definition) is 7. The molecule has 9 nitrogen and oxygen atoms in total. The lowest BCUT2D eigenvalue weighted by molar-refractivity contribution is -0.138. The van der Waals surface area contributed by atoms with E-state index in [2.05, 4.69) is 25.6 Å². The SMILES string of the molecule is CCNCc1ccc(-n2cnc(-c3nc(NC4CCN(S(C)(=O)=O)CC4)ncc3C(F)(F)F)c2)c(C(F)(F)F)c1. The summed E-state index contributed by atoms with van der Waals surface area (Å²) in [6.07, 6.45) is -5.08. The Balaban J connectivity index is 1.66. The Labute approximate surface area is 226 Å². The molecule has 0 bridgehead atoms. The van der Waals surface area contributed by atoms with Gasteiger partial charge < -0.3 is 15.2 Å². The summed E-state index contributed by atoms with van der Waals surface area (Å²) in [6, 6.07) is 3.42. The fourth-order valence-electron chi connectivity index (χ4n) is 4.36. The summed E-state index contributed by atoms with van der Waals surface area (Å²) in [6.45, 7) is 3.04. The maximum absolute atomic E-state index is 13.9. The van der Waals surface area contributed by atoms with Gasteiger partial charge in [-0.15, -0.1) is 0 Å². The van der Waals surface area contributed by atoms with Crippen LogP contribution in [-0.4, -0.2) is 64.2 Å². The largest absolute Gasteiger partial charge is 0.420 e. The summed E-state index contributed by atoms with van der Waals surface area (Å²) in [4.78, 5) is 11.7. The molecule has 2 N–H and O–H groups in total. The lowest BCUT2D eigenvalue weighted by Gasteiger charge is -2.30. The van der Waals surface area contributed by atoms with E-state index in [9.17, 15) is 34.8 Å². The number of aromatic nitrogens is 4. The molecule has 0 saturated carbocycles. The van der Waals surface area contributed by atoms with E-state index in [0.717, 1.165) is 29.4 Å². The summed E-state index contributed by atoms with van der Waals surface area (Å²) in [5, 5.41) is 5.88. The Hall–Kier alpha value is -3.24. The van der Waals surface area contributed by atoms with Crippen molar-refractivity contribution in [2.24, 2.45) is 0 Å². The number of alkyl halides is 6. The van der Waals surface area contributed by atoms with Crippen LogP contribution in [0.2, 0.25) is 0 Å². The van der Waals surface area contributed by atoms with Crippen molar-refractivity contribution >= 4 is 16.0 Å². The molecule has 0 radical (unpaired) electrons. The lowest BCUT2D eigenvalue weighted by Crippen LogP contribution is -2.42. The number of rotatable bonds is 8. The predicted molar refractivity (Wildman–Crippen MR) is 135 cm³/mol. The van der Waals surface area contributed by atoms with Crippen LogP contribution in [0, 0.1) is 0 Å². The van der Waals surface area contributed by atoms with E-state index in [0.29, 0.717) is 31.1 Å². The third-order valence-electron chi connectivity index (χ3n) is 6.40. The lowest BCUT2D eigenvalue weighted by atomic mass is 10.1. The molecule has 3 aromatic rings. The first-order valence-corrected chi connectivity index (χ1v) is 14.1. The standard InChI is InChI=1S/C24H27F6N7O2S/c1-3-31-11-15-4-5-20(17(10-15)23(25,26)27)36-13-19(33-14-36)21-18(24(28,29)30)12-32-22(35-21)34-16-6-8-37(9-7-16)40(2,38)39/h4-5,10,12-14,16,31H,3,6-9,11H2,1-2H3,(H,32,34,35). The Bertz CT molecular complexity index is 1450. The average molecular weight is 592 g/mol. The number of halogens is 6. The van der Waals surface area contributed by atoms with Gasteiger partial charge in [-0.25, -0.2) is 27.7 Å². The molecule has 0 amide bonds. The molecule has 1 aromatic carbocycles. The summed E-state index contributed by atoms with van der Waals surface area (Å²) in [5.74, 6) is -0.140. The fourth-order valence-corrected chi connectivity index (χ4v) is 5.23. The van der Waals surface area contributed by atoms with Crippen LogP contribution in [0.15, 0.2) is 36.9 Å². The Kier molecular flexibility index (Phi) is 8.42. The van der Waals surface area contributed by atoms with Crippen molar-refractivity contribution in [3.05, 3.63) is 53.6 Å². The van der Waals surface area contributed by atoms with Gasteiger partial charge in [0.15, 0.2) is 0 Å². The van der Waals surface area contributed by atoms with Gasteiger partial charge in [-0.3, -0.25) is 0 Å². The van der Waals surface area contributed by atoms with E-state index in [1.165, 1.54) is 16.4 Å². The quantitative estimate of drug-likeness (QED) is 0.376. The molecule has 218 valence electrons. The molecule has 0 aliphatic carbocycles. The first-order valence-electron chi connectivity index (χ1n) is 12.3. The zero-order chi connectivity index (χ0) is 29.3. The third kappa shape index (κ3) is 6.90. The zero-order valence-corrected chi connectivity index (χ0v) is 22.3. The first-order chi connectivity index (χ1) is 18.7. The molecule has 4 rings (SSSR count). The summed E-state index contributed by atoms with van der Waals surface area (Å²) in [7, 11) is -3.36. The average Bonchev–Trinajstić information content (AvgIpc) is 3.36. The zero-order valence-electron chi connectivity index (χ0n) is 21.5. The van der Waals surface area contributed by atoms with Crippen LogP contribution < -0.4 is 10.6 Å². The van der Waals surface area contributed by atoms with Gasteiger partial charge in [0, 0.05) is 38.1 Å². The molecule has 1 aliphatic heterocycles. The molecule has 16 heteroatoms.